The lowest BCUT2D eigenvalue weighted by Gasteiger charge is -2.16. The molecule has 2 rings (SSSR count). The summed E-state index contributed by atoms with van der Waals surface area (Å²) < 4.78 is 4.66. The minimum atomic E-state index is -0.523. The van der Waals surface area contributed by atoms with E-state index in [1.165, 1.54) is 12.0 Å². The highest BCUT2D eigenvalue weighted by molar-refractivity contribution is 5.85. The number of hydrogen-bond acceptors (Lipinski definition) is 4. The molecule has 2 aromatic rings. The van der Waals surface area contributed by atoms with Crippen LogP contribution in [0.1, 0.15) is 17.5 Å². The number of ether oxygens (including phenoxy) is 1. The lowest BCUT2D eigenvalue weighted by Crippen LogP contribution is -2.41. The van der Waals surface area contributed by atoms with Gasteiger partial charge in [-0.05, 0) is 35.1 Å². The fraction of sp³-hybridized carbons (Fsp3) is 0.333. The number of carbonyl (C=O) groups excluding carboxylic acids is 2. The van der Waals surface area contributed by atoms with E-state index in [1.54, 1.807) is 14.1 Å². The summed E-state index contributed by atoms with van der Waals surface area (Å²) in [6.45, 7) is 0. The van der Waals surface area contributed by atoms with Crippen molar-refractivity contribution in [3.63, 3.8) is 0 Å². The van der Waals surface area contributed by atoms with Crippen molar-refractivity contribution in [3.8, 4) is 11.1 Å². The summed E-state index contributed by atoms with van der Waals surface area (Å²) >= 11 is 0. The highest BCUT2D eigenvalue weighted by atomic mass is 35.5. The molecule has 1 atom stereocenters. The van der Waals surface area contributed by atoms with Crippen molar-refractivity contribution in [2.45, 2.75) is 25.3 Å². The molecular formula is C21H27ClN2O3. The molecule has 0 aliphatic heterocycles. The maximum Gasteiger partial charge on any atom is 0.305 e. The summed E-state index contributed by atoms with van der Waals surface area (Å²) in [5.74, 6) is -0.271. The van der Waals surface area contributed by atoms with E-state index in [4.69, 9.17) is 5.73 Å². The van der Waals surface area contributed by atoms with Gasteiger partial charge >= 0.3 is 5.97 Å². The van der Waals surface area contributed by atoms with Crippen molar-refractivity contribution in [3.05, 3.63) is 59.7 Å². The van der Waals surface area contributed by atoms with Crippen molar-refractivity contribution in [1.29, 1.82) is 0 Å². The molecule has 1 amide bonds. The van der Waals surface area contributed by atoms with Crippen LogP contribution < -0.4 is 5.73 Å². The number of nitrogens with two attached hydrogens (primary N) is 1. The van der Waals surface area contributed by atoms with Crippen LogP contribution in [0.2, 0.25) is 0 Å². The molecule has 5 nitrogen and oxygen atoms in total. The number of benzene rings is 2. The van der Waals surface area contributed by atoms with Gasteiger partial charge in [0.1, 0.15) is 0 Å². The Balaban J connectivity index is 0.00000364. The third-order valence-electron chi connectivity index (χ3n) is 4.30. The summed E-state index contributed by atoms with van der Waals surface area (Å²) in [5.41, 5.74) is 10.3. The molecule has 27 heavy (non-hydrogen) atoms. The molecule has 6 heteroatoms. The summed E-state index contributed by atoms with van der Waals surface area (Å²) in [6.07, 6.45) is 1.57. The first-order valence-corrected chi connectivity index (χ1v) is 8.62. The number of methoxy groups -OCH3 is 1. The first-order valence-electron chi connectivity index (χ1n) is 8.62. The largest absolute Gasteiger partial charge is 0.469 e. The molecule has 146 valence electrons. The van der Waals surface area contributed by atoms with Gasteiger partial charge in [0.2, 0.25) is 5.91 Å². The third kappa shape index (κ3) is 6.70. The van der Waals surface area contributed by atoms with Crippen LogP contribution in [0.5, 0.6) is 0 Å². The smallest absolute Gasteiger partial charge is 0.305 e. The first-order chi connectivity index (χ1) is 12.4. The molecule has 0 saturated carbocycles. The van der Waals surface area contributed by atoms with E-state index in [9.17, 15) is 9.59 Å². The van der Waals surface area contributed by atoms with Gasteiger partial charge in [-0.15, -0.1) is 12.4 Å². The summed E-state index contributed by atoms with van der Waals surface area (Å²) in [4.78, 5) is 24.6. The van der Waals surface area contributed by atoms with Crippen LogP contribution >= 0.6 is 12.4 Å². The summed E-state index contributed by atoms with van der Waals surface area (Å²) in [7, 11) is 4.82. The maximum atomic E-state index is 11.9. The Morgan fingerprint density at radius 2 is 1.44 bits per heavy atom. The van der Waals surface area contributed by atoms with Crippen molar-refractivity contribution < 1.29 is 14.3 Å². The molecule has 0 bridgehead atoms. The number of likely N-dealkylation sites (N-methyl/N-ethyl adjacent to an activating group) is 1. The second-order valence-electron chi connectivity index (χ2n) is 6.51. The number of nitrogens with zero attached hydrogens (tertiary/aromatic N) is 1. The van der Waals surface area contributed by atoms with Gasteiger partial charge < -0.3 is 15.4 Å². The lowest BCUT2D eigenvalue weighted by atomic mass is 9.99. The monoisotopic (exact) mass is 390 g/mol. The fourth-order valence-corrected chi connectivity index (χ4v) is 2.72. The van der Waals surface area contributed by atoms with Gasteiger partial charge in [-0.1, -0.05) is 48.5 Å². The van der Waals surface area contributed by atoms with E-state index in [0.717, 1.165) is 22.3 Å². The number of aryl methyl sites for hydroxylation is 1. The van der Waals surface area contributed by atoms with Crippen molar-refractivity contribution in [2.24, 2.45) is 5.73 Å². The number of amides is 1. The van der Waals surface area contributed by atoms with Crippen LogP contribution in [0.25, 0.3) is 11.1 Å². The minimum absolute atomic E-state index is 0. The van der Waals surface area contributed by atoms with E-state index in [-0.39, 0.29) is 24.3 Å². The normalized spacial score (nSPS) is 11.3. The van der Waals surface area contributed by atoms with Crippen LogP contribution in [0.3, 0.4) is 0 Å². The summed E-state index contributed by atoms with van der Waals surface area (Å²) in [5, 5.41) is 0. The van der Waals surface area contributed by atoms with E-state index < -0.39 is 6.04 Å². The van der Waals surface area contributed by atoms with Crippen molar-refractivity contribution >= 4 is 24.3 Å². The molecule has 0 aliphatic rings. The van der Waals surface area contributed by atoms with Crippen molar-refractivity contribution in [1.82, 2.24) is 4.90 Å². The SMILES string of the molecule is COC(=O)CCc1ccc(-c2ccc(C[C@H](N)C(=O)N(C)C)cc2)cc1.Cl. The predicted molar refractivity (Wildman–Crippen MR) is 110 cm³/mol. The summed E-state index contributed by atoms with van der Waals surface area (Å²) in [6, 6.07) is 15.7. The second-order valence-corrected chi connectivity index (χ2v) is 6.51. The topological polar surface area (TPSA) is 72.6 Å². The van der Waals surface area contributed by atoms with Crippen LogP contribution in [0.4, 0.5) is 0 Å². The lowest BCUT2D eigenvalue weighted by molar-refractivity contribution is -0.140. The third-order valence-corrected chi connectivity index (χ3v) is 4.30. The zero-order valence-electron chi connectivity index (χ0n) is 16.0. The van der Waals surface area contributed by atoms with E-state index in [1.807, 2.05) is 48.5 Å². The Morgan fingerprint density at radius 3 is 1.89 bits per heavy atom. The van der Waals surface area contributed by atoms with Gasteiger partial charge in [0, 0.05) is 20.5 Å². The van der Waals surface area contributed by atoms with E-state index in [2.05, 4.69) is 4.74 Å². The van der Waals surface area contributed by atoms with Crippen molar-refractivity contribution in [2.75, 3.05) is 21.2 Å². The van der Waals surface area contributed by atoms with Crippen LogP contribution in [-0.2, 0) is 27.2 Å². The molecule has 0 aliphatic carbocycles. The number of esters is 1. The van der Waals surface area contributed by atoms with E-state index in [0.29, 0.717) is 19.3 Å². The quantitative estimate of drug-likeness (QED) is 0.738. The van der Waals surface area contributed by atoms with Gasteiger partial charge in [-0.2, -0.15) is 0 Å². The van der Waals surface area contributed by atoms with E-state index >= 15 is 0 Å². The molecule has 0 aromatic heterocycles. The Morgan fingerprint density at radius 1 is 0.963 bits per heavy atom. The molecule has 2 N–H and O–H groups in total. The molecule has 0 saturated heterocycles. The standard InChI is InChI=1S/C21H26N2O3.ClH/c1-23(2)21(25)19(22)14-16-6-11-18(12-7-16)17-9-4-15(5-10-17)8-13-20(24)26-3;/h4-7,9-12,19H,8,13-14,22H2,1-3H3;1H/t19-;/m0./s1. The predicted octanol–water partition coefficient (Wildman–Crippen LogP) is 2.84. The van der Waals surface area contributed by atoms with Gasteiger partial charge in [0.15, 0.2) is 0 Å². The zero-order valence-corrected chi connectivity index (χ0v) is 16.8. The molecule has 0 heterocycles. The average Bonchev–Trinajstić information content (AvgIpc) is 2.66. The highest BCUT2D eigenvalue weighted by Crippen LogP contribution is 2.21. The Kier molecular flexibility index (Phi) is 8.98. The molecule has 0 unspecified atom stereocenters. The zero-order chi connectivity index (χ0) is 19.1. The van der Waals surface area contributed by atoms with Crippen LogP contribution in [-0.4, -0.2) is 44.0 Å². The Labute approximate surface area is 166 Å². The van der Waals surface area contributed by atoms with Gasteiger partial charge in [0.05, 0.1) is 13.2 Å². The van der Waals surface area contributed by atoms with Gasteiger partial charge in [-0.3, -0.25) is 9.59 Å². The maximum absolute atomic E-state index is 11.9. The Hall–Kier alpha value is -2.37. The number of rotatable bonds is 7. The number of halogens is 1. The van der Waals surface area contributed by atoms with Crippen LogP contribution in [0.15, 0.2) is 48.5 Å². The molecule has 0 radical (unpaired) electrons. The van der Waals surface area contributed by atoms with Crippen LogP contribution in [0, 0.1) is 0 Å². The molecule has 0 fully saturated rings. The number of hydrogen-bond donors (Lipinski definition) is 1. The Bertz CT molecular complexity index is 743. The number of carbonyl (C=O) groups is 2. The second kappa shape index (κ2) is 10.7. The fourth-order valence-electron chi connectivity index (χ4n) is 2.72. The molecule has 2 aromatic carbocycles. The first kappa shape index (κ1) is 22.7. The molecular weight excluding hydrogens is 364 g/mol. The van der Waals surface area contributed by atoms with Gasteiger partial charge in [-0.25, -0.2) is 0 Å². The molecule has 0 spiro atoms. The van der Waals surface area contributed by atoms with Gasteiger partial charge in [0.25, 0.3) is 0 Å². The highest BCUT2D eigenvalue weighted by Gasteiger charge is 2.15. The minimum Gasteiger partial charge on any atom is -0.469 e. The average molecular weight is 391 g/mol.